The van der Waals surface area contributed by atoms with Crippen LogP contribution in [0.3, 0.4) is 0 Å². The third kappa shape index (κ3) is 5.35. The molecule has 5 heteroatoms. The number of hydrazine groups is 1. The van der Waals surface area contributed by atoms with Crippen molar-refractivity contribution >= 4 is 5.91 Å². The lowest BCUT2D eigenvalue weighted by Gasteiger charge is -2.28. The van der Waals surface area contributed by atoms with Gasteiger partial charge in [0.1, 0.15) is 0 Å². The number of nitrogens with two attached hydrogens (primary N) is 1. The maximum atomic E-state index is 11.3. The minimum absolute atomic E-state index is 0.214. The fourth-order valence-corrected chi connectivity index (χ4v) is 1.39. The third-order valence-corrected chi connectivity index (χ3v) is 2.18. The predicted octanol–water partition coefficient (Wildman–Crippen LogP) is 0.236. The lowest BCUT2D eigenvalue weighted by Crippen LogP contribution is -2.48. The average molecular weight is 212 g/mol. The summed E-state index contributed by atoms with van der Waals surface area (Å²) in [7, 11) is 0. The van der Waals surface area contributed by atoms with Gasteiger partial charge in [-0.2, -0.15) is 5.26 Å². The van der Waals surface area contributed by atoms with Crippen molar-refractivity contribution in [2.75, 3.05) is 13.1 Å². The van der Waals surface area contributed by atoms with Crippen LogP contribution in [0.15, 0.2) is 0 Å². The minimum atomic E-state index is -0.286. The third-order valence-electron chi connectivity index (χ3n) is 2.18. The number of hydrogen-bond acceptors (Lipinski definition) is 4. The molecule has 0 saturated carbocycles. The first kappa shape index (κ1) is 13.9. The van der Waals surface area contributed by atoms with Crippen LogP contribution < -0.4 is 11.3 Å². The van der Waals surface area contributed by atoms with Crippen molar-refractivity contribution in [3.8, 4) is 6.07 Å². The van der Waals surface area contributed by atoms with Crippen molar-refractivity contribution in [1.29, 1.82) is 5.26 Å². The van der Waals surface area contributed by atoms with E-state index in [0.717, 1.165) is 6.54 Å². The van der Waals surface area contributed by atoms with Gasteiger partial charge >= 0.3 is 0 Å². The van der Waals surface area contributed by atoms with Crippen molar-refractivity contribution in [3.05, 3.63) is 0 Å². The Morgan fingerprint density at radius 3 is 2.53 bits per heavy atom. The van der Waals surface area contributed by atoms with Gasteiger partial charge in [-0.1, -0.05) is 13.8 Å². The molecule has 5 nitrogen and oxygen atoms in total. The molecule has 0 saturated heterocycles. The summed E-state index contributed by atoms with van der Waals surface area (Å²) >= 11 is 0. The summed E-state index contributed by atoms with van der Waals surface area (Å²) in [4.78, 5) is 13.3. The number of amides is 1. The highest BCUT2D eigenvalue weighted by Crippen LogP contribution is 2.05. The zero-order valence-corrected chi connectivity index (χ0v) is 9.66. The molecule has 15 heavy (non-hydrogen) atoms. The van der Waals surface area contributed by atoms with E-state index in [1.54, 1.807) is 6.92 Å². The highest BCUT2D eigenvalue weighted by atomic mass is 16.2. The molecule has 0 heterocycles. The standard InChI is InChI=1S/C10H20N4O/c1-8(2)7-14(6-4-5-11)9(3)10(15)13-12/h8-9H,4,6-7,12H2,1-3H3,(H,13,15). The summed E-state index contributed by atoms with van der Waals surface area (Å²) < 4.78 is 0. The molecule has 0 aliphatic heterocycles. The smallest absolute Gasteiger partial charge is 0.250 e. The Balaban J connectivity index is 4.33. The molecule has 0 fully saturated rings. The van der Waals surface area contributed by atoms with Gasteiger partial charge in [-0.25, -0.2) is 5.84 Å². The van der Waals surface area contributed by atoms with Crippen molar-refractivity contribution in [3.63, 3.8) is 0 Å². The Hall–Kier alpha value is -1.12. The molecule has 1 amide bonds. The summed E-state index contributed by atoms with van der Waals surface area (Å²) in [6, 6.07) is 1.79. The monoisotopic (exact) mass is 212 g/mol. The first-order chi connectivity index (χ1) is 7.02. The van der Waals surface area contributed by atoms with Gasteiger partial charge in [0.15, 0.2) is 0 Å². The van der Waals surface area contributed by atoms with E-state index in [9.17, 15) is 4.79 Å². The second-order valence-electron chi connectivity index (χ2n) is 3.98. The molecular weight excluding hydrogens is 192 g/mol. The number of carbonyl (C=O) groups is 1. The topological polar surface area (TPSA) is 82.2 Å². The normalized spacial score (nSPS) is 12.6. The summed E-state index contributed by atoms with van der Waals surface area (Å²) in [6.07, 6.45) is 0.426. The largest absolute Gasteiger partial charge is 0.293 e. The first-order valence-corrected chi connectivity index (χ1v) is 5.14. The van der Waals surface area contributed by atoms with E-state index in [4.69, 9.17) is 11.1 Å². The molecule has 0 aromatic rings. The van der Waals surface area contributed by atoms with Crippen molar-refractivity contribution in [2.45, 2.75) is 33.2 Å². The van der Waals surface area contributed by atoms with Crippen LogP contribution in [0.2, 0.25) is 0 Å². The van der Waals surface area contributed by atoms with Gasteiger partial charge in [-0.3, -0.25) is 15.1 Å². The Morgan fingerprint density at radius 1 is 1.53 bits per heavy atom. The Labute approximate surface area is 91.2 Å². The summed E-state index contributed by atoms with van der Waals surface area (Å²) in [5.41, 5.74) is 2.13. The van der Waals surface area contributed by atoms with E-state index in [-0.39, 0.29) is 11.9 Å². The number of nitriles is 1. The summed E-state index contributed by atoms with van der Waals surface area (Å²) in [5.74, 6) is 5.32. The molecule has 0 rings (SSSR count). The fraction of sp³-hybridized carbons (Fsp3) is 0.800. The summed E-state index contributed by atoms with van der Waals surface area (Å²) in [6.45, 7) is 7.33. The number of carbonyl (C=O) groups excluding carboxylic acids is 1. The molecule has 0 aromatic heterocycles. The van der Waals surface area contributed by atoms with Gasteiger partial charge in [-0.05, 0) is 12.8 Å². The molecule has 0 spiro atoms. The van der Waals surface area contributed by atoms with Gasteiger partial charge in [0.25, 0.3) is 5.91 Å². The van der Waals surface area contributed by atoms with E-state index in [0.29, 0.717) is 18.9 Å². The molecule has 1 atom stereocenters. The Morgan fingerprint density at radius 2 is 2.13 bits per heavy atom. The fourth-order valence-electron chi connectivity index (χ4n) is 1.39. The van der Waals surface area contributed by atoms with Gasteiger partial charge in [-0.15, -0.1) is 0 Å². The lowest BCUT2D eigenvalue weighted by atomic mass is 10.1. The number of nitrogens with zero attached hydrogens (tertiary/aromatic N) is 2. The average Bonchev–Trinajstić information content (AvgIpc) is 2.21. The predicted molar refractivity (Wildman–Crippen MR) is 58.4 cm³/mol. The molecule has 0 aliphatic rings. The van der Waals surface area contributed by atoms with E-state index < -0.39 is 0 Å². The summed E-state index contributed by atoms with van der Waals surface area (Å²) in [5, 5.41) is 8.52. The van der Waals surface area contributed by atoms with E-state index in [2.05, 4.69) is 25.3 Å². The van der Waals surface area contributed by atoms with Gasteiger partial charge in [0.05, 0.1) is 12.1 Å². The van der Waals surface area contributed by atoms with Crippen LogP contribution in [-0.4, -0.2) is 29.9 Å². The first-order valence-electron chi connectivity index (χ1n) is 5.14. The molecule has 1 unspecified atom stereocenters. The molecule has 86 valence electrons. The maximum absolute atomic E-state index is 11.3. The Kier molecular flexibility index (Phi) is 6.67. The highest BCUT2D eigenvalue weighted by molar-refractivity contribution is 5.80. The van der Waals surface area contributed by atoms with Gasteiger partial charge in [0, 0.05) is 19.5 Å². The number of rotatable bonds is 6. The minimum Gasteiger partial charge on any atom is -0.293 e. The van der Waals surface area contributed by atoms with Crippen molar-refractivity contribution in [1.82, 2.24) is 10.3 Å². The SMILES string of the molecule is CC(C)CN(CCC#N)C(C)C(=O)NN. The van der Waals surface area contributed by atoms with E-state index >= 15 is 0 Å². The Bertz CT molecular complexity index is 234. The van der Waals surface area contributed by atoms with Gasteiger partial charge < -0.3 is 0 Å². The van der Waals surface area contributed by atoms with Crippen molar-refractivity contribution < 1.29 is 4.79 Å². The zero-order valence-electron chi connectivity index (χ0n) is 9.66. The van der Waals surface area contributed by atoms with E-state index in [1.165, 1.54) is 0 Å². The van der Waals surface area contributed by atoms with Crippen LogP contribution in [0, 0.1) is 17.2 Å². The van der Waals surface area contributed by atoms with E-state index in [1.807, 2.05) is 4.90 Å². The lowest BCUT2D eigenvalue weighted by molar-refractivity contribution is -0.126. The molecule has 0 aromatic carbocycles. The van der Waals surface area contributed by atoms with Crippen LogP contribution in [0.4, 0.5) is 0 Å². The van der Waals surface area contributed by atoms with Crippen LogP contribution in [0.25, 0.3) is 0 Å². The van der Waals surface area contributed by atoms with Gasteiger partial charge in [0.2, 0.25) is 0 Å². The second kappa shape index (κ2) is 7.21. The molecule has 3 N–H and O–H groups in total. The zero-order chi connectivity index (χ0) is 11.8. The number of hydrogen-bond donors (Lipinski definition) is 2. The number of nitrogens with one attached hydrogen (secondary N) is 1. The highest BCUT2D eigenvalue weighted by Gasteiger charge is 2.20. The van der Waals surface area contributed by atoms with Crippen LogP contribution >= 0.6 is 0 Å². The quantitative estimate of drug-likeness (QED) is 0.375. The molecular formula is C10H20N4O. The second-order valence-corrected chi connectivity index (χ2v) is 3.98. The van der Waals surface area contributed by atoms with Crippen molar-refractivity contribution in [2.24, 2.45) is 11.8 Å². The van der Waals surface area contributed by atoms with Crippen LogP contribution in [-0.2, 0) is 4.79 Å². The molecule has 0 aliphatic carbocycles. The maximum Gasteiger partial charge on any atom is 0.250 e. The molecule has 0 bridgehead atoms. The van der Waals surface area contributed by atoms with Crippen LogP contribution in [0.5, 0.6) is 0 Å². The van der Waals surface area contributed by atoms with Crippen LogP contribution in [0.1, 0.15) is 27.2 Å². The molecule has 0 radical (unpaired) electrons.